The number of nitrogens with two attached hydrogens (primary N) is 1. The fourth-order valence-electron chi connectivity index (χ4n) is 1.17. The Morgan fingerprint density at radius 2 is 1.65 bits per heavy atom. The third kappa shape index (κ3) is 3.94. The van der Waals surface area contributed by atoms with Crippen LogP contribution < -0.4 is 11.1 Å². The van der Waals surface area contributed by atoms with Crippen LogP contribution in [0.15, 0.2) is 24.3 Å². The average molecular weight is 236 g/mol. The van der Waals surface area contributed by atoms with Gasteiger partial charge in [0.2, 0.25) is 5.91 Å². The number of carbonyl (C=O) groups excluding carboxylic acids is 2. The quantitative estimate of drug-likeness (QED) is 0.667. The van der Waals surface area contributed by atoms with E-state index >= 15 is 0 Å². The third-order valence-electron chi connectivity index (χ3n) is 2.05. The van der Waals surface area contributed by atoms with E-state index in [4.69, 9.17) is 10.8 Å². The first-order chi connectivity index (χ1) is 8.00. The Kier molecular flexibility index (Phi) is 4.21. The summed E-state index contributed by atoms with van der Waals surface area (Å²) in [6, 6.07) is 5.49. The number of hydrogen-bond donors (Lipinski definition) is 3. The highest BCUT2D eigenvalue weighted by Crippen LogP contribution is 2.04. The molecule has 0 saturated carbocycles. The van der Waals surface area contributed by atoms with Gasteiger partial charge in [-0.2, -0.15) is 0 Å². The second kappa shape index (κ2) is 5.64. The highest BCUT2D eigenvalue weighted by molar-refractivity contribution is 5.96. The summed E-state index contributed by atoms with van der Waals surface area (Å²) in [5.41, 5.74) is 5.36. The van der Waals surface area contributed by atoms with E-state index in [9.17, 15) is 14.4 Å². The molecule has 0 aromatic heterocycles. The zero-order chi connectivity index (χ0) is 12.8. The Bertz CT molecular complexity index is 439. The molecule has 0 aliphatic heterocycles. The van der Waals surface area contributed by atoms with Crippen molar-refractivity contribution >= 4 is 17.8 Å². The molecule has 0 aliphatic rings. The zero-order valence-corrected chi connectivity index (χ0v) is 8.97. The largest absolute Gasteiger partial charge is 0.478 e. The van der Waals surface area contributed by atoms with Gasteiger partial charge in [-0.05, 0) is 24.3 Å². The molecule has 0 bridgehead atoms. The van der Waals surface area contributed by atoms with Crippen molar-refractivity contribution in [3.05, 3.63) is 35.4 Å². The van der Waals surface area contributed by atoms with Gasteiger partial charge in [-0.1, -0.05) is 0 Å². The van der Waals surface area contributed by atoms with Gasteiger partial charge in [-0.3, -0.25) is 9.59 Å². The monoisotopic (exact) mass is 236 g/mol. The second-order valence-corrected chi connectivity index (χ2v) is 3.35. The molecule has 0 atom stereocenters. The maximum absolute atomic E-state index is 11.5. The van der Waals surface area contributed by atoms with Gasteiger partial charge in [-0.25, -0.2) is 4.79 Å². The molecule has 4 N–H and O–H groups in total. The van der Waals surface area contributed by atoms with Gasteiger partial charge in [0.1, 0.15) is 0 Å². The van der Waals surface area contributed by atoms with Gasteiger partial charge >= 0.3 is 5.97 Å². The van der Waals surface area contributed by atoms with Crippen LogP contribution in [0.4, 0.5) is 0 Å². The van der Waals surface area contributed by atoms with Crippen LogP contribution in [0.1, 0.15) is 27.1 Å². The van der Waals surface area contributed by atoms with E-state index in [1.165, 1.54) is 24.3 Å². The Hall–Kier alpha value is -2.37. The predicted molar refractivity (Wildman–Crippen MR) is 59.5 cm³/mol. The normalized spacial score (nSPS) is 9.65. The molecule has 2 amide bonds. The van der Waals surface area contributed by atoms with Crippen molar-refractivity contribution in [2.24, 2.45) is 5.73 Å². The second-order valence-electron chi connectivity index (χ2n) is 3.35. The van der Waals surface area contributed by atoms with Crippen LogP contribution >= 0.6 is 0 Å². The van der Waals surface area contributed by atoms with Crippen molar-refractivity contribution in [1.29, 1.82) is 0 Å². The van der Waals surface area contributed by atoms with Crippen molar-refractivity contribution < 1.29 is 19.5 Å². The molecule has 0 spiro atoms. The third-order valence-corrected chi connectivity index (χ3v) is 2.05. The first kappa shape index (κ1) is 12.7. The maximum atomic E-state index is 11.5. The predicted octanol–water partition coefficient (Wildman–Crippen LogP) is -0.0100. The number of rotatable bonds is 5. The molecule has 90 valence electrons. The number of nitrogens with one attached hydrogen (secondary N) is 1. The van der Waals surface area contributed by atoms with Crippen LogP contribution in [0.3, 0.4) is 0 Å². The van der Waals surface area contributed by atoms with Crippen molar-refractivity contribution in [2.75, 3.05) is 6.54 Å². The van der Waals surface area contributed by atoms with Crippen LogP contribution in [-0.4, -0.2) is 29.4 Å². The Labute approximate surface area is 97.4 Å². The van der Waals surface area contributed by atoms with Gasteiger partial charge < -0.3 is 16.2 Å². The minimum absolute atomic E-state index is 0.0684. The fourth-order valence-corrected chi connectivity index (χ4v) is 1.17. The van der Waals surface area contributed by atoms with E-state index in [1.807, 2.05) is 0 Å². The molecular weight excluding hydrogens is 224 g/mol. The van der Waals surface area contributed by atoms with E-state index in [-0.39, 0.29) is 24.4 Å². The number of amides is 2. The summed E-state index contributed by atoms with van der Waals surface area (Å²) < 4.78 is 0. The van der Waals surface area contributed by atoms with E-state index in [0.717, 1.165) is 0 Å². The summed E-state index contributed by atoms with van der Waals surface area (Å²) in [4.78, 5) is 32.5. The highest BCUT2D eigenvalue weighted by atomic mass is 16.4. The van der Waals surface area contributed by atoms with E-state index < -0.39 is 11.9 Å². The van der Waals surface area contributed by atoms with Gasteiger partial charge in [-0.15, -0.1) is 0 Å². The molecule has 0 radical (unpaired) electrons. The molecule has 0 fully saturated rings. The van der Waals surface area contributed by atoms with E-state index in [1.54, 1.807) is 0 Å². The maximum Gasteiger partial charge on any atom is 0.335 e. The summed E-state index contributed by atoms with van der Waals surface area (Å²) in [5.74, 6) is -1.92. The summed E-state index contributed by atoms with van der Waals surface area (Å²) >= 11 is 0. The lowest BCUT2D eigenvalue weighted by Gasteiger charge is -2.03. The van der Waals surface area contributed by atoms with Crippen LogP contribution in [0.25, 0.3) is 0 Å². The molecule has 1 aromatic rings. The topological polar surface area (TPSA) is 109 Å². The van der Waals surface area contributed by atoms with Gasteiger partial charge in [0, 0.05) is 18.5 Å². The summed E-state index contributed by atoms with van der Waals surface area (Å²) in [7, 11) is 0. The van der Waals surface area contributed by atoms with E-state index in [2.05, 4.69) is 5.32 Å². The van der Waals surface area contributed by atoms with Gasteiger partial charge in [0.05, 0.1) is 5.56 Å². The minimum atomic E-state index is -1.05. The average Bonchev–Trinajstić information content (AvgIpc) is 2.28. The number of carbonyl (C=O) groups is 3. The van der Waals surface area contributed by atoms with Crippen LogP contribution in [-0.2, 0) is 4.79 Å². The molecule has 1 aromatic carbocycles. The first-order valence-corrected chi connectivity index (χ1v) is 4.90. The summed E-state index contributed by atoms with van der Waals surface area (Å²) in [6.07, 6.45) is 0.0684. The molecule has 0 saturated heterocycles. The van der Waals surface area contributed by atoms with Crippen molar-refractivity contribution in [2.45, 2.75) is 6.42 Å². The van der Waals surface area contributed by atoms with Crippen LogP contribution in [0.2, 0.25) is 0 Å². The first-order valence-electron chi connectivity index (χ1n) is 4.90. The summed E-state index contributed by atoms with van der Waals surface area (Å²) in [5, 5.41) is 11.2. The minimum Gasteiger partial charge on any atom is -0.478 e. The SMILES string of the molecule is NC(=O)CCNC(=O)c1ccc(C(=O)O)cc1. The molecular formula is C11H12N2O4. The molecule has 1 rings (SSSR count). The van der Waals surface area contributed by atoms with Gasteiger partial charge in [0.25, 0.3) is 5.91 Å². The molecule has 0 heterocycles. The lowest BCUT2D eigenvalue weighted by atomic mass is 10.1. The number of carboxylic acids is 1. The zero-order valence-electron chi connectivity index (χ0n) is 8.97. The van der Waals surface area contributed by atoms with Crippen LogP contribution in [0, 0.1) is 0 Å². The smallest absolute Gasteiger partial charge is 0.335 e. The van der Waals surface area contributed by atoms with E-state index in [0.29, 0.717) is 5.56 Å². The molecule has 6 heteroatoms. The van der Waals surface area contributed by atoms with Crippen molar-refractivity contribution in [3.63, 3.8) is 0 Å². The van der Waals surface area contributed by atoms with Crippen molar-refractivity contribution in [3.8, 4) is 0 Å². The number of aromatic carboxylic acids is 1. The summed E-state index contributed by atoms with van der Waals surface area (Å²) in [6.45, 7) is 0.162. The van der Waals surface area contributed by atoms with Crippen molar-refractivity contribution in [1.82, 2.24) is 5.32 Å². The fraction of sp³-hybridized carbons (Fsp3) is 0.182. The lowest BCUT2D eigenvalue weighted by molar-refractivity contribution is -0.117. The van der Waals surface area contributed by atoms with Crippen LogP contribution in [0.5, 0.6) is 0 Å². The Morgan fingerprint density at radius 3 is 2.12 bits per heavy atom. The Morgan fingerprint density at radius 1 is 1.12 bits per heavy atom. The molecule has 17 heavy (non-hydrogen) atoms. The number of hydrogen-bond acceptors (Lipinski definition) is 3. The number of benzene rings is 1. The standard InChI is InChI=1S/C11H12N2O4/c12-9(14)5-6-13-10(15)7-1-3-8(4-2-7)11(16)17/h1-4H,5-6H2,(H2,12,14)(H,13,15)(H,16,17). The number of primary amides is 1. The Balaban J connectivity index is 2.57. The molecule has 0 aliphatic carbocycles. The lowest BCUT2D eigenvalue weighted by Crippen LogP contribution is -2.27. The highest BCUT2D eigenvalue weighted by Gasteiger charge is 2.07. The van der Waals surface area contributed by atoms with Gasteiger partial charge in [0.15, 0.2) is 0 Å². The molecule has 0 unspecified atom stereocenters. The molecule has 6 nitrogen and oxygen atoms in total. The number of carboxylic acid groups (broad SMARTS) is 1.